The number of benzene rings is 1. The fourth-order valence-corrected chi connectivity index (χ4v) is 3.26. The van der Waals surface area contributed by atoms with Gasteiger partial charge in [-0.05, 0) is 24.3 Å². The highest BCUT2D eigenvalue weighted by atomic mass is 35.5. The van der Waals surface area contributed by atoms with Crippen molar-refractivity contribution in [1.82, 2.24) is 19.9 Å². The number of nitrogens with one attached hydrogen (secondary N) is 1. The maximum absolute atomic E-state index is 12.7. The monoisotopic (exact) mass is 400 g/mol. The summed E-state index contributed by atoms with van der Waals surface area (Å²) in [5.74, 6) is -1.15. The van der Waals surface area contributed by atoms with Gasteiger partial charge < -0.3 is 9.88 Å². The Bertz CT molecular complexity index is 923. The van der Waals surface area contributed by atoms with Crippen LogP contribution in [0.3, 0.4) is 0 Å². The molecule has 1 N–H and O–H groups in total. The number of hydrogen-bond acceptors (Lipinski definition) is 3. The Morgan fingerprint density at radius 2 is 1.85 bits per heavy atom. The molecule has 0 saturated heterocycles. The molecule has 9 heteroatoms. The minimum atomic E-state index is -4.56. The fourth-order valence-electron chi connectivity index (χ4n) is 3.03. The van der Waals surface area contributed by atoms with Gasteiger partial charge in [0.25, 0.3) is 0 Å². The largest absolute Gasteiger partial charge is 0.451 e. The SMILES string of the molecule is Cl.FC(F)(F)c1ncc(C2NCc3c(Cl)cccc3-n3cccc32)cn1. The van der Waals surface area contributed by atoms with E-state index in [1.165, 1.54) is 12.4 Å². The number of alkyl halides is 3. The summed E-state index contributed by atoms with van der Waals surface area (Å²) >= 11 is 6.31. The number of rotatable bonds is 1. The van der Waals surface area contributed by atoms with Gasteiger partial charge in [-0.25, -0.2) is 9.97 Å². The van der Waals surface area contributed by atoms with Crippen molar-refractivity contribution in [2.24, 2.45) is 0 Å². The smallest absolute Gasteiger partial charge is 0.319 e. The molecule has 3 heterocycles. The summed E-state index contributed by atoms with van der Waals surface area (Å²) in [6, 6.07) is 9.08. The van der Waals surface area contributed by atoms with Crippen molar-refractivity contribution in [2.75, 3.05) is 0 Å². The zero-order valence-electron chi connectivity index (χ0n) is 13.2. The van der Waals surface area contributed by atoms with Crippen LogP contribution >= 0.6 is 24.0 Å². The van der Waals surface area contributed by atoms with Gasteiger partial charge in [-0.3, -0.25) is 0 Å². The van der Waals surface area contributed by atoms with Gasteiger partial charge in [-0.1, -0.05) is 17.7 Å². The van der Waals surface area contributed by atoms with Crippen LogP contribution in [0.2, 0.25) is 5.02 Å². The van der Waals surface area contributed by atoms with Crippen LogP contribution in [0, 0.1) is 0 Å². The summed E-state index contributed by atoms with van der Waals surface area (Å²) in [5.41, 5.74) is 3.30. The third-order valence-electron chi connectivity index (χ3n) is 4.17. The number of halogens is 5. The lowest BCUT2D eigenvalue weighted by molar-refractivity contribution is -0.145. The van der Waals surface area contributed by atoms with Crippen LogP contribution in [0.1, 0.15) is 28.7 Å². The van der Waals surface area contributed by atoms with Gasteiger partial charge in [0, 0.05) is 47.0 Å². The molecule has 0 amide bonds. The summed E-state index contributed by atoms with van der Waals surface area (Å²) < 4.78 is 40.0. The van der Waals surface area contributed by atoms with E-state index in [2.05, 4.69) is 15.3 Å². The average molecular weight is 401 g/mol. The molecule has 136 valence electrons. The average Bonchev–Trinajstić information content (AvgIpc) is 2.99. The van der Waals surface area contributed by atoms with E-state index in [4.69, 9.17) is 11.6 Å². The van der Waals surface area contributed by atoms with Crippen molar-refractivity contribution in [1.29, 1.82) is 0 Å². The van der Waals surface area contributed by atoms with Crippen molar-refractivity contribution < 1.29 is 13.2 Å². The number of aromatic nitrogens is 3. The maximum Gasteiger partial charge on any atom is 0.451 e. The first kappa shape index (κ1) is 18.7. The van der Waals surface area contributed by atoms with Gasteiger partial charge in [0.1, 0.15) is 0 Å². The van der Waals surface area contributed by atoms with E-state index in [1.54, 1.807) is 0 Å². The molecule has 4 rings (SSSR count). The van der Waals surface area contributed by atoms with Crippen molar-refractivity contribution in [3.8, 4) is 5.69 Å². The Labute approximate surface area is 158 Å². The predicted octanol–water partition coefficient (Wildman–Crippen LogP) is 4.55. The number of hydrogen-bond donors (Lipinski definition) is 1. The third-order valence-corrected chi connectivity index (χ3v) is 4.53. The minimum absolute atomic E-state index is 0. The van der Waals surface area contributed by atoms with Crippen LogP contribution in [-0.2, 0) is 12.7 Å². The molecule has 0 saturated carbocycles. The second-order valence-electron chi connectivity index (χ2n) is 5.69. The van der Waals surface area contributed by atoms with Crippen LogP contribution in [0.4, 0.5) is 13.2 Å². The van der Waals surface area contributed by atoms with E-state index in [9.17, 15) is 13.2 Å². The lowest BCUT2D eigenvalue weighted by Gasteiger charge is -2.17. The summed E-state index contributed by atoms with van der Waals surface area (Å²) in [5, 5.41) is 3.96. The molecule has 26 heavy (non-hydrogen) atoms. The van der Waals surface area contributed by atoms with E-state index in [0.717, 1.165) is 16.9 Å². The summed E-state index contributed by atoms with van der Waals surface area (Å²) in [6.45, 7) is 0.475. The molecule has 1 aromatic carbocycles. The lowest BCUT2D eigenvalue weighted by Crippen LogP contribution is -2.22. The molecule has 0 aliphatic carbocycles. The maximum atomic E-state index is 12.7. The zero-order valence-corrected chi connectivity index (χ0v) is 14.7. The Kier molecular flexibility index (Phi) is 4.96. The van der Waals surface area contributed by atoms with Gasteiger partial charge in [0.15, 0.2) is 0 Å². The summed E-state index contributed by atoms with van der Waals surface area (Å²) in [7, 11) is 0. The molecule has 3 aromatic rings. The van der Waals surface area contributed by atoms with Gasteiger partial charge >= 0.3 is 6.18 Å². The van der Waals surface area contributed by atoms with Gasteiger partial charge in [-0.15, -0.1) is 12.4 Å². The van der Waals surface area contributed by atoms with Crippen LogP contribution < -0.4 is 5.32 Å². The third kappa shape index (κ3) is 3.18. The second-order valence-corrected chi connectivity index (χ2v) is 6.10. The Balaban J connectivity index is 0.00000196. The van der Waals surface area contributed by atoms with Crippen LogP contribution in [0.5, 0.6) is 0 Å². The normalized spacial score (nSPS) is 16.2. The van der Waals surface area contributed by atoms with Crippen molar-refractivity contribution in [2.45, 2.75) is 18.8 Å². The summed E-state index contributed by atoms with van der Waals surface area (Å²) in [6.07, 6.45) is -0.236. The van der Waals surface area contributed by atoms with Crippen LogP contribution in [0.15, 0.2) is 48.9 Å². The summed E-state index contributed by atoms with van der Waals surface area (Å²) in [4.78, 5) is 6.94. The Morgan fingerprint density at radius 3 is 2.54 bits per heavy atom. The first-order valence-electron chi connectivity index (χ1n) is 7.52. The van der Waals surface area contributed by atoms with Gasteiger partial charge in [0.2, 0.25) is 5.82 Å². The van der Waals surface area contributed by atoms with Gasteiger partial charge in [0.05, 0.1) is 11.7 Å². The quantitative estimate of drug-likeness (QED) is 0.651. The van der Waals surface area contributed by atoms with E-state index < -0.39 is 12.0 Å². The van der Waals surface area contributed by atoms with Crippen molar-refractivity contribution >= 4 is 24.0 Å². The van der Waals surface area contributed by atoms with Gasteiger partial charge in [-0.2, -0.15) is 13.2 Å². The van der Waals surface area contributed by atoms with E-state index in [-0.39, 0.29) is 18.4 Å². The molecule has 4 nitrogen and oxygen atoms in total. The lowest BCUT2D eigenvalue weighted by atomic mass is 10.1. The predicted molar refractivity (Wildman–Crippen MR) is 93.7 cm³/mol. The molecular formula is C17H13Cl2F3N4. The highest BCUT2D eigenvalue weighted by Crippen LogP contribution is 2.33. The fraction of sp³-hybridized carbons (Fsp3) is 0.176. The van der Waals surface area contributed by atoms with Crippen molar-refractivity contribution in [3.63, 3.8) is 0 Å². The van der Waals surface area contributed by atoms with Crippen LogP contribution in [-0.4, -0.2) is 14.5 Å². The molecule has 1 atom stereocenters. The first-order chi connectivity index (χ1) is 11.9. The topological polar surface area (TPSA) is 42.7 Å². The Morgan fingerprint density at radius 1 is 1.12 bits per heavy atom. The highest BCUT2D eigenvalue weighted by Gasteiger charge is 2.35. The molecule has 2 aromatic heterocycles. The molecule has 0 bridgehead atoms. The molecule has 1 aliphatic rings. The van der Waals surface area contributed by atoms with E-state index in [1.807, 2.05) is 41.1 Å². The number of nitrogens with zero attached hydrogens (tertiary/aromatic N) is 3. The second kappa shape index (κ2) is 6.90. The molecule has 0 radical (unpaired) electrons. The van der Waals surface area contributed by atoms with E-state index in [0.29, 0.717) is 17.1 Å². The zero-order chi connectivity index (χ0) is 17.6. The molecule has 1 aliphatic heterocycles. The molecular weight excluding hydrogens is 388 g/mol. The standard InChI is InChI=1S/C17H12ClF3N4.ClH/c18-12-3-1-4-13-11(12)9-22-15(14-5-2-6-25(13)14)10-7-23-16(24-8-10)17(19,20)21;/h1-8,15,22H,9H2;1H. The van der Waals surface area contributed by atoms with Crippen LogP contribution in [0.25, 0.3) is 5.69 Å². The first-order valence-corrected chi connectivity index (χ1v) is 7.90. The molecule has 0 fully saturated rings. The molecule has 0 spiro atoms. The number of fused-ring (bicyclic) bond motifs is 3. The van der Waals surface area contributed by atoms with E-state index >= 15 is 0 Å². The Hall–Kier alpha value is -2.09. The highest BCUT2D eigenvalue weighted by molar-refractivity contribution is 6.31. The molecule has 1 unspecified atom stereocenters. The minimum Gasteiger partial charge on any atom is -0.319 e. The van der Waals surface area contributed by atoms with Crippen molar-refractivity contribution in [3.05, 3.63) is 76.6 Å².